The first-order valence-electron chi connectivity index (χ1n) is 8.42. The summed E-state index contributed by atoms with van der Waals surface area (Å²) in [6.07, 6.45) is 5.15. The van der Waals surface area contributed by atoms with Crippen molar-refractivity contribution >= 4 is 35.4 Å². The fourth-order valence-corrected chi connectivity index (χ4v) is 3.49. The summed E-state index contributed by atoms with van der Waals surface area (Å²) in [7, 11) is 0. The summed E-state index contributed by atoms with van der Waals surface area (Å²) < 4.78 is 5.15. The van der Waals surface area contributed by atoms with E-state index in [0.717, 1.165) is 29.7 Å². The average molecular weight is 375 g/mol. The van der Waals surface area contributed by atoms with E-state index in [1.165, 1.54) is 16.5 Å². The Morgan fingerprint density at radius 2 is 1.96 bits per heavy atom. The zero-order valence-electron chi connectivity index (χ0n) is 14.6. The standard InChI is InChI=1S/C21H23ClO2S/c1-3-4-14-24-21(23)13-10-17-6-5-7-20(22)19(17)15-25-18-11-8-16(2)9-12-18/h5-13H,3-4,14-15H2,1-2H3/b13-10+. The molecule has 0 atom stereocenters. The lowest BCUT2D eigenvalue weighted by Gasteiger charge is -2.09. The van der Waals surface area contributed by atoms with Gasteiger partial charge in [-0.05, 0) is 48.7 Å². The van der Waals surface area contributed by atoms with Crippen molar-refractivity contribution in [2.75, 3.05) is 6.61 Å². The van der Waals surface area contributed by atoms with Gasteiger partial charge in [0, 0.05) is 21.7 Å². The second kappa shape index (κ2) is 10.3. The molecule has 2 aromatic carbocycles. The molecule has 132 valence electrons. The number of benzene rings is 2. The van der Waals surface area contributed by atoms with Crippen LogP contribution in [0.25, 0.3) is 6.08 Å². The maximum atomic E-state index is 11.8. The molecule has 0 heterocycles. The van der Waals surface area contributed by atoms with Crippen molar-refractivity contribution in [3.05, 3.63) is 70.3 Å². The van der Waals surface area contributed by atoms with Gasteiger partial charge in [0.15, 0.2) is 0 Å². The molecular formula is C21H23ClO2S. The van der Waals surface area contributed by atoms with E-state index in [1.54, 1.807) is 17.8 Å². The maximum Gasteiger partial charge on any atom is 0.330 e. The number of ether oxygens (including phenoxy) is 1. The Bertz CT molecular complexity index is 723. The van der Waals surface area contributed by atoms with E-state index >= 15 is 0 Å². The molecule has 0 aliphatic carbocycles. The van der Waals surface area contributed by atoms with Crippen molar-refractivity contribution in [2.24, 2.45) is 0 Å². The molecule has 0 saturated heterocycles. The first-order chi connectivity index (χ1) is 12.1. The highest BCUT2D eigenvalue weighted by Crippen LogP contribution is 2.30. The number of halogens is 1. The quantitative estimate of drug-likeness (QED) is 0.235. The molecule has 0 spiro atoms. The zero-order valence-corrected chi connectivity index (χ0v) is 16.2. The number of carbonyl (C=O) groups excluding carboxylic acids is 1. The van der Waals surface area contributed by atoms with Crippen LogP contribution in [0.3, 0.4) is 0 Å². The van der Waals surface area contributed by atoms with Crippen LogP contribution >= 0.6 is 23.4 Å². The lowest BCUT2D eigenvalue weighted by molar-refractivity contribution is -0.137. The summed E-state index contributed by atoms with van der Waals surface area (Å²) >= 11 is 8.10. The lowest BCUT2D eigenvalue weighted by atomic mass is 10.1. The van der Waals surface area contributed by atoms with Gasteiger partial charge >= 0.3 is 5.97 Å². The van der Waals surface area contributed by atoms with Gasteiger partial charge in [-0.2, -0.15) is 0 Å². The number of unbranched alkanes of at least 4 members (excludes halogenated alkanes) is 1. The Hall–Kier alpha value is -1.71. The van der Waals surface area contributed by atoms with Crippen LogP contribution in [-0.4, -0.2) is 12.6 Å². The van der Waals surface area contributed by atoms with E-state index in [-0.39, 0.29) is 5.97 Å². The molecule has 0 fully saturated rings. The Balaban J connectivity index is 2.05. The molecule has 0 aliphatic rings. The number of thioether (sulfide) groups is 1. The van der Waals surface area contributed by atoms with Gasteiger partial charge in [-0.25, -0.2) is 4.79 Å². The minimum atomic E-state index is -0.314. The molecule has 0 aliphatic heterocycles. The lowest BCUT2D eigenvalue weighted by Crippen LogP contribution is -2.01. The van der Waals surface area contributed by atoms with E-state index in [2.05, 4.69) is 38.1 Å². The largest absolute Gasteiger partial charge is 0.463 e. The van der Waals surface area contributed by atoms with Crippen molar-refractivity contribution in [1.29, 1.82) is 0 Å². The van der Waals surface area contributed by atoms with Gasteiger partial charge in [0.2, 0.25) is 0 Å². The van der Waals surface area contributed by atoms with E-state index in [9.17, 15) is 4.79 Å². The summed E-state index contributed by atoms with van der Waals surface area (Å²) in [5.41, 5.74) is 3.21. The molecular weight excluding hydrogens is 352 g/mol. The normalized spacial score (nSPS) is 11.0. The molecule has 0 aromatic heterocycles. The molecule has 0 amide bonds. The van der Waals surface area contributed by atoms with Crippen LogP contribution in [0.5, 0.6) is 0 Å². The summed E-state index contributed by atoms with van der Waals surface area (Å²) in [4.78, 5) is 12.9. The van der Waals surface area contributed by atoms with Crippen LogP contribution in [0.4, 0.5) is 0 Å². The van der Waals surface area contributed by atoms with E-state index < -0.39 is 0 Å². The first-order valence-corrected chi connectivity index (χ1v) is 9.78. The van der Waals surface area contributed by atoms with Crippen molar-refractivity contribution in [2.45, 2.75) is 37.3 Å². The van der Waals surface area contributed by atoms with Crippen LogP contribution in [-0.2, 0) is 15.3 Å². The Labute approximate surface area is 159 Å². The summed E-state index contributed by atoms with van der Waals surface area (Å²) in [6, 6.07) is 14.2. The predicted molar refractivity (Wildman–Crippen MR) is 107 cm³/mol. The van der Waals surface area contributed by atoms with Gasteiger partial charge in [-0.1, -0.05) is 54.8 Å². The number of rotatable bonds is 8. The smallest absolute Gasteiger partial charge is 0.330 e. The Kier molecular flexibility index (Phi) is 8.10. The number of carbonyl (C=O) groups is 1. The summed E-state index contributed by atoms with van der Waals surface area (Å²) in [6.45, 7) is 4.60. The molecule has 0 unspecified atom stereocenters. The van der Waals surface area contributed by atoms with E-state index in [4.69, 9.17) is 16.3 Å². The minimum Gasteiger partial charge on any atom is -0.463 e. The van der Waals surface area contributed by atoms with Crippen molar-refractivity contribution in [1.82, 2.24) is 0 Å². The maximum absolute atomic E-state index is 11.8. The van der Waals surface area contributed by atoms with Gasteiger partial charge in [0.1, 0.15) is 0 Å². The van der Waals surface area contributed by atoms with Crippen LogP contribution in [0, 0.1) is 6.92 Å². The average Bonchev–Trinajstić information content (AvgIpc) is 2.61. The summed E-state index contributed by atoms with van der Waals surface area (Å²) in [5, 5.41) is 0.709. The highest BCUT2D eigenvalue weighted by atomic mass is 35.5. The monoisotopic (exact) mass is 374 g/mol. The third kappa shape index (κ3) is 6.60. The van der Waals surface area contributed by atoms with E-state index in [1.807, 2.05) is 18.2 Å². The van der Waals surface area contributed by atoms with Crippen molar-refractivity contribution < 1.29 is 9.53 Å². The number of hydrogen-bond donors (Lipinski definition) is 0. The molecule has 4 heteroatoms. The molecule has 2 rings (SSSR count). The molecule has 2 aromatic rings. The van der Waals surface area contributed by atoms with Crippen LogP contribution in [0.2, 0.25) is 5.02 Å². The van der Waals surface area contributed by atoms with Crippen molar-refractivity contribution in [3.8, 4) is 0 Å². The highest BCUT2D eigenvalue weighted by molar-refractivity contribution is 7.98. The van der Waals surface area contributed by atoms with Gasteiger partial charge in [-0.15, -0.1) is 11.8 Å². The Morgan fingerprint density at radius 3 is 2.68 bits per heavy atom. The van der Waals surface area contributed by atoms with Gasteiger partial charge in [-0.3, -0.25) is 0 Å². The first kappa shape index (κ1) is 19.6. The van der Waals surface area contributed by atoms with Crippen LogP contribution in [0.1, 0.15) is 36.5 Å². The van der Waals surface area contributed by atoms with Crippen molar-refractivity contribution in [3.63, 3.8) is 0 Å². The predicted octanol–water partition coefficient (Wildman–Crippen LogP) is 6.30. The van der Waals surface area contributed by atoms with Gasteiger partial charge < -0.3 is 4.74 Å². The molecule has 0 saturated carbocycles. The second-order valence-electron chi connectivity index (χ2n) is 5.76. The molecule has 25 heavy (non-hydrogen) atoms. The van der Waals surface area contributed by atoms with Crippen LogP contribution in [0.15, 0.2) is 53.4 Å². The second-order valence-corrected chi connectivity index (χ2v) is 7.22. The highest BCUT2D eigenvalue weighted by Gasteiger charge is 2.07. The number of aryl methyl sites for hydroxylation is 1. The molecule has 0 radical (unpaired) electrons. The third-order valence-electron chi connectivity index (χ3n) is 3.70. The fourth-order valence-electron chi connectivity index (χ4n) is 2.20. The third-order valence-corrected chi connectivity index (χ3v) is 5.09. The minimum absolute atomic E-state index is 0.314. The zero-order chi connectivity index (χ0) is 18.1. The molecule has 0 N–H and O–H groups in total. The number of hydrogen-bond acceptors (Lipinski definition) is 3. The van der Waals surface area contributed by atoms with Crippen LogP contribution < -0.4 is 0 Å². The summed E-state index contributed by atoms with van der Waals surface area (Å²) in [5.74, 6) is 0.429. The Morgan fingerprint density at radius 1 is 1.20 bits per heavy atom. The van der Waals surface area contributed by atoms with E-state index in [0.29, 0.717) is 11.6 Å². The topological polar surface area (TPSA) is 26.3 Å². The molecule has 0 bridgehead atoms. The fraction of sp³-hybridized carbons (Fsp3) is 0.286. The van der Waals surface area contributed by atoms with Gasteiger partial charge in [0.25, 0.3) is 0 Å². The number of esters is 1. The van der Waals surface area contributed by atoms with Gasteiger partial charge in [0.05, 0.1) is 6.61 Å². The molecule has 2 nitrogen and oxygen atoms in total. The SMILES string of the molecule is CCCCOC(=O)/C=C/c1cccc(Cl)c1CSc1ccc(C)cc1.